The zero-order valence-corrected chi connectivity index (χ0v) is 12.0. The second-order valence-corrected chi connectivity index (χ2v) is 6.17. The topological polar surface area (TPSA) is 82.4 Å². The third kappa shape index (κ3) is 2.46. The van der Waals surface area contributed by atoms with E-state index in [1.165, 1.54) is 21.7 Å². The second-order valence-electron chi connectivity index (χ2n) is 5.09. The maximum absolute atomic E-state index is 10.5. The predicted molar refractivity (Wildman–Crippen MR) is 74.7 cm³/mol. The van der Waals surface area contributed by atoms with Crippen LogP contribution in [0.3, 0.4) is 0 Å². The second kappa shape index (κ2) is 5.34. The molecule has 3 rings (SSSR count). The quantitative estimate of drug-likeness (QED) is 0.741. The van der Waals surface area contributed by atoms with E-state index < -0.39 is 5.97 Å². The molecular formula is C13H16N4O2S. The van der Waals surface area contributed by atoms with Crippen molar-refractivity contribution in [1.29, 1.82) is 0 Å². The lowest BCUT2D eigenvalue weighted by Gasteiger charge is -2.19. The van der Waals surface area contributed by atoms with Crippen molar-refractivity contribution in [3.63, 3.8) is 0 Å². The molecule has 1 unspecified atom stereocenters. The molecule has 2 N–H and O–H groups in total. The van der Waals surface area contributed by atoms with Crippen LogP contribution in [0.2, 0.25) is 0 Å². The van der Waals surface area contributed by atoms with Crippen molar-refractivity contribution in [2.45, 2.75) is 19.4 Å². The van der Waals surface area contributed by atoms with E-state index in [-0.39, 0.29) is 6.42 Å². The van der Waals surface area contributed by atoms with Gasteiger partial charge in [0, 0.05) is 25.4 Å². The van der Waals surface area contributed by atoms with Gasteiger partial charge in [-0.2, -0.15) is 0 Å². The molecule has 0 saturated carbocycles. The molecule has 2 aromatic rings. The predicted octanol–water partition coefficient (Wildman–Crippen LogP) is -1.19. The summed E-state index contributed by atoms with van der Waals surface area (Å²) in [7, 11) is 2.19. The van der Waals surface area contributed by atoms with E-state index in [4.69, 9.17) is 0 Å². The number of quaternary nitrogens is 1. The van der Waals surface area contributed by atoms with Gasteiger partial charge in [-0.05, 0) is 5.56 Å². The molecule has 0 aliphatic carbocycles. The van der Waals surface area contributed by atoms with Crippen LogP contribution in [0.4, 0.5) is 5.82 Å². The molecule has 106 valence electrons. The molecule has 0 fully saturated rings. The molecule has 0 amide bonds. The maximum atomic E-state index is 10.5. The minimum absolute atomic E-state index is 0.0231. The van der Waals surface area contributed by atoms with Crippen LogP contribution in [-0.4, -0.2) is 36.1 Å². The molecule has 0 saturated heterocycles. The first-order valence-electron chi connectivity index (χ1n) is 6.65. The van der Waals surface area contributed by atoms with Gasteiger partial charge >= 0.3 is 0 Å². The number of anilines is 1. The Morgan fingerprint density at radius 1 is 1.55 bits per heavy atom. The molecule has 20 heavy (non-hydrogen) atoms. The van der Waals surface area contributed by atoms with Crippen molar-refractivity contribution < 1.29 is 14.8 Å². The largest absolute Gasteiger partial charge is 0.550 e. The van der Waals surface area contributed by atoms with Crippen LogP contribution in [0.5, 0.6) is 0 Å². The number of carboxylic acids is 1. The first kappa shape index (κ1) is 13.3. The molecule has 1 atom stereocenters. The van der Waals surface area contributed by atoms with Crippen LogP contribution in [0.25, 0.3) is 10.2 Å². The summed E-state index contributed by atoms with van der Waals surface area (Å²) < 4.78 is 0. The van der Waals surface area contributed by atoms with Gasteiger partial charge in [0.2, 0.25) is 0 Å². The Morgan fingerprint density at radius 2 is 2.40 bits per heavy atom. The lowest BCUT2D eigenvalue weighted by Crippen LogP contribution is -3.08. The first-order chi connectivity index (χ1) is 9.65. The number of fused-ring (bicyclic) bond motifs is 3. The number of thiophene rings is 1. The number of aliphatic carboxylic acids is 1. The number of carbonyl (C=O) groups excluding carboxylic acids is 1. The molecule has 0 bridgehead atoms. The number of carbonyl (C=O) groups is 1. The highest BCUT2D eigenvalue weighted by molar-refractivity contribution is 7.18. The van der Waals surface area contributed by atoms with Crippen molar-refractivity contribution in [2.75, 3.05) is 25.5 Å². The number of nitrogens with one attached hydrogen (secondary N) is 2. The lowest BCUT2D eigenvalue weighted by molar-refractivity contribution is -0.895. The fourth-order valence-corrected chi connectivity index (χ4v) is 3.86. The van der Waals surface area contributed by atoms with Crippen molar-refractivity contribution in [3.8, 4) is 0 Å². The van der Waals surface area contributed by atoms with Gasteiger partial charge in [0.25, 0.3) is 0 Å². The Morgan fingerprint density at radius 3 is 3.20 bits per heavy atom. The minimum Gasteiger partial charge on any atom is -0.550 e. The van der Waals surface area contributed by atoms with Gasteiger partial charge in [-0.3, -0.25) is 0 Å². The summed E-state index contributed by atoms with van der Waals surface area (Å²) in [6.07, 6.45) is 2.52. The van der Waals surface area contributed by atoms with Crippen LogP contribution >= 0.6 is 11.3 Å². The van der Waals surface area contributed by atoms with Crippen LogP contribution < -0.4 is 15.3 Å². The highest BCUT2D eigenvalue weighted by Crippen LogP contribution is 2.34. The average molecular weight is 292 g/mol. The number of carboxylic acid groups (broad SMARTS) is 1. The van der Waals surface area contributed by atoms with E-state index in [0.717, 1.165) is 35.5 Å². The Labute approximate surface area is 120 Å². The van der Waals surface area contributed by atoms with Crippen molar-refractivity contribution in [2.24, 2.45) is 0 Å². The highest BCUT2D eigenvalue weighted by atomic mass is 32.1. The Hall–Kier alpha value is -1.73. The van der Waals surface area contributed by atoms with Crippen molar-refractivity contribution in [3.05, 3.63) is 16.8 Å². The van der Waals surface area contributed by atoms with E-state index in [1.807, 2.05) is 0 Å². The van der Waals surface area contributed by atoms with Gasteiger partial charge in [0.05, 0.1) is 23.9 Å². The van der Waals surface area contributed by atoms with Crippen LogP contribution in [0, 0.1) is 0 Å². The van der Waals surface area contributed by atoms with E-state index in [1.54, 1.807) is 11.3 Å². The van der Waals surface area contributed by atoms with Gasteiger partial charge in [-0.15, -0.1) is 11.3 Å². The monoisotopic (exact) mass is 292 g/mol. The van der Waals surface area contributed by atoms with Crippen molar-refractivity contribution in [1.82, 2.24) is 9.97 Å². The van der Waals surface area contributed by atoms with Crippen LogP contribution in [-0.2, 0) is 17.8 Å². The smallest absolute Gasteiger partial charge is 0.138 e. The third-order valence-corrected chi connectivity index (χ3v) is 4.70. The van der Waals surface area contributed by atoms with Gasteiger partial charge in [-0.1, -0.05) is 0 Å². The summed E-state index contributed by atoms with van der Waals surface area (Å²) in [5.74, 6) is -0.311. The molecule has 0 spiro atoms. The Balaban J connectivity index is 1.94. The Bertz CT molecular complexity index is 655. The summed E-state index contributed by atoms with van der Waals surface area (Å²) in [5, 5.41) is 14.6. The summed E-state index contributed by atoms with van der Waals surface area (Å²) in [4.78, 5) is 23.0. The Kier molecular flexibility index (Phi) is 3.54. The lowest BCUT2D eigenvalue weighted by atomic mass is 10.1. The van der Waals surface area contributed by atoms with E-state index in [9.17, 15) is 9.90 Å². The first-order valence-corrected chi connectivity index (χ1v) is 7.47. The van der Waals surface area contributed by atoms with E-state index in [2.05, 4.69) is 22.3 Å². The third-order valence-electron chi connectivity index (χ3n) is 3.56. The average Bonchev–Trinajstić information content (AvgIpc) is 2.76. The van der Waals surface area contributed by atoms with E-state index >= 15 is 0 Å². The fraction of sp³-hybridized carbons (Fsp3) is 0.462. The SMILES string of the molecule is C[NH+]1CCc2c(sc3ncnc(NCCC(=O)[O-])c23)C1. The molecule has 0 aromatic carbocycles. The normalized spacial score (nSPS) is 17.9. The molecule has 1 aliphatic rings. The fourth-order valence-electron chi connectivity index (χ4n) is 2.56. The molecule has 6 nitrogen and oxygen atoms in total. The van der Waals surface area contributed by atoms with Crippen LogP contribution in [0.1, 0.15) is 16.9 Å². The van der Waals surface area contributed by atoms with Gasteiger partial charge < -0.3 is 20.1 Å². The molecule has 3 heterocycles. The van der Waals surface area contributed by atoms with Gasteiger partial charge in [0.15, 0.2) is 0 Å². The van der Waals surface area contributed by atoms with Gasteiger partial charge in [0.1, 0.15) is 23.5 Å². The number of likely N-dealkylation sites (N-methyl/N-ethyl adjacent to an activating group) is 1. The molecule has 7 heteroatoms. The number of hydrogen-bond acceptors (Lipinski definition) is 6. The van der Waals surface area contributed by atoms with Gasteiger partial charge in [-0.25, -0.2) is 9.97 Å². The molecule has 0 radical (unpaired) electrons. The number of rotatable bonds is 4. The zero-order chi connectivity index (χ0) is 14.1. The standard InChI is InChI=1S/C13H16N4O2S/c1-17-5-3-8-9(6-17)20-13-11(8)12(15-7-16-13)14-4-2-10(18)19/h7H,2-6H2,1H3,(H,18,19)(H,14,15,16). The maximum Gasteiger partial charge on any atom is 0.138 e. The van der Waals surface area contributed by atoms with E-state index in [0.29, 0.717) is 6.54 Å². The summed E-state index contributed by atoms with van der Waals surface area (Å²) in [6, 6.07) is 0. The number of nitrogens with zero attached hydrogens (tertiary/aromatic N) is 2. The molecular weight excluding hydrogens is 276 g/mol. The number of aromatic nitrogens is 2. The summed E-state index contributed by atoms with van der Waals surface area (Å²) >= 11 is 1.72. The van der Waals surface area contributed by atoms with Crippen molar-refractivity contribution >= 4 is 33.3 Å². The molecule has 1 aliphatic heterocycles. The van der Waals surface area contributed by atoms with Crippen LogP contribution in [0.15, 0.2) is 6.33 Å². The highest BCUT2D eigenvalue weighted by Gasteiger charge is 2.23. The molecule has 2 aromatic heterocycles. The minimum atomic E-state index is -1.06. The summed E-state index contributed by atoms with van der Waals surface area (Å²) in [6.45, 7) is 2.45. The zero-order valence-electron chi connectivity index (χ0n) is 11.2. The summed E-state index contributed by atoms with van der Waals surface area (Å²) in [5.41, 5.74) is 1.33. The number of hydrogen-bond donors (Lipinski definition) is 2.